The number of hydrogen-bond acceptors (Lipinski definition) is 2. The highest BCUT2D eigenvalue weighted by Gasteiger charge is 2.15. The predicted octanol–water partition coefficient (Wildman–Crippen LogP) is 3.97. The van der Waals surface area contributed by atoms with Crippen molar-refractivity contribution in [2.75, 3.05) is 5.73 Å². The van der Waals surface area contributed by atoms with Crippen LogP contribution in [0.15, 0.2) is 18.2 Å². The van der Waals surface area contributed by atoms with Crippen molar-refractivity contribution in [1.82, 2.24) is 9.55 Å². The van der Waals surface area contributed by atoms with Crippen molar-refractivity contribution in [3.63, 3.8) is 0 Å². The van der Waals surface area contributed by atoms with E-state index >= 15 is 0 Å². The van der Waals surface area contributed by atoms with Crippen LogP contribution < -0.4 is 5.73 Å². The fourth-order valence-electron chi connectivity index (χ4n) is 2.32. The second kappa shape index (κ2) is 5.25. The molecule has 0 fully saturated rings. The van der Waals surface area contributed by atoms with Crippen molar-refractivity contribution in [3.05, 3.63) is 21.8 Å². The van der Waals surface area contributed by atoms with E-state index in [4.69, 9.17) is 5.73 Å². The Balaban J connectivity index is 2.55. The molecule has 1 unspecified atom stereocenters. The lowest BCUT2D eigenvalue weighted by atomic mass is 10.1. The van der Waals surface area contributed by atoms with Gasteiger partial charge in [0.05, 0.1) is 11.0 Å². The Bertz CT molecular complexity index is 519. The Morgan fingerprint density at radius 2 is 2.18 bits per heavy atom. The van der Waals surface area contributed by atoms with Crippen LogP contribution >= 0.6 is 22.6 Å². The summed E-state index contributed by atoms with van der Waals surface area (Å²) in [6.07, 6.45) is 3.41. The molecule has 0 saturated heterocycles. The quantitative estimate of drug-likeness (QED) is 0.854. The lowest BCUT2D eigenvalue weighted by Crippen LogP contribution is -2.11. The summed E-state index contributed by atoms with van der Waals surface area (Å²) in [5.41, 5.74) is 8.22. The van der Waals surface area contributed by atoms with Gasteiger partial charge in [0.15, 0.2) is 0 Å². The Morgan fingerprint density at radius 3 is 2.82 bits per heavy atom. The first-order valence-electron chi connectivity index (χ1n) is 6.10. The molecule has 2 rings (SSSR count). The van der Waals surface area contributed by atoms with Crippen LogP contribution in [0, 0.1) is 3.57 Å². The van der Waals surface area contributed by atoms with Gasteiger partial charge in [-0.05, 0) is 53.6 Å². The molecule has 2 N–H and O–H groups in total. The van der Waals surface area contributed by atoms with Gasteiger partial charge in [-0.25, -0.2) is 4.98 Å². The lowest BCUT2D eigenvalue weighted by molar-refractivity contribution is 0.463. The summed E-state index contributed by atoms with van der Waals surface area (Å²) >= 11 is 2.30. The molecule has 1 atom stereocenters. The van der Waals surface area contributed by atoms with E-state index in [0.29, 0.717) is 12.0 Å². The first-order chi connectivity index (χ1) is 8.17. The normalized spacial score (nSPS) is 13.1. The average Bonchev–Trinajstić information content (AvgIpc) is 2.61. The molecule has 0 saturated carbocycles. The first-order valence-corrected chi connectivity index (χ1v) is 7.18. The highest BCUT2D eigenvalue weighted by Crippen LogP contribution is 2.28. The van der Waals surface area contributed by atoms with Gasteiger partial charge in [0.1, 0.15) is 0 Å². The Morgan fingerprint density at radius 1 is 1.41 bits per heavy atom. The minimum atomic E-state index is 0.463. The maximum atomic E-state index is 6.06. The summed E-state index contributed by atoms with van der Waals surface area (Å²) in [5, 5.41) is 0. The Hall–Kier alpha value is -0.780. The molecule has 0 radical (unpaired) electrons. The summed E-state index contributed by atoms with van der Waals surface area (Å²) in [4.78, 5) is 4.46. The van der Waals surface area contributed by atoms with Crippen molar-refractivity contribution in [1.29, 1.82) is 0 Å². The standard InChI is InChI=1S/C13H18IN3/c1-3-5-10(4-2)17-12-7-6-9(14)8-11(12)16-13(17)15/h6-8,10H,3-5H2,1-2H3,(H2,15,16). The molecule has 0 spiro atoms. The molecule has 0 bridgehead atoms. The van der Waals surface area contributed by atoms with Gasteiger partial charge in [0.2, 0.25) is 5.95 Å². The molecule has 1 aromatic heterocycles. The molecule has 1 aromatic carbocycles. The topological polar surface area (TPSA) is 43.8 Å². The smallest absolute Gasteiger partial charge is 0.201 e. The number of benzene rings is 1. The fourth-order valence-corrected chi connectivity index (χ4v) is 2.80. The molecular formula is C13H18IN3. The number of nitrogens with two attached hydrogens (primary N) is 1. The largest absolute Gasteiger partial charge is 0.369 e. The number of hydrogen-bond donors (Lipinski definition) is 1. The molecule has 0 aliphatic carbocycles. The van der Waals surface area contributed by atoms with E-state index in [0.717, 1.165) is 23.9 Å². The van der Waals surface area contributed by atoms with Gasteiger partial charge < -0.3 is 10.3 Å². The van der Waals surface area contributed by atoms with Gasteiger partial charge in [-0.15, -0.1) is 0 Å². The fraction of sp³-hybridized carbons (Fsp3) is 0.462. The lowest BCUT2D eigenvalue weighted by Gasteiger charge is -2.18. The molecule has 17 heavy (non-hydrogen) atoms. The number of nitrogen functional groups attached to an aromatic ring is 1. The number of imidazole rings is 1. The van der Waals surface area contributed by atoms with E-state index in [2.05, 4.69) is 64.2 Å². The second-order valence-corrected chi connectivity index (χ2v) is 5.57. The van der Waals surface area contributed by atoms with Crippen molar-refractivity contribution in [2.24, 2.45) is 0 Å². The molecule has 1 heterocycles. The van der Waals surface area contributed by atoms with Gasteiger partial charge in [-0.3, -0.25) is 0 Å². The first kappa shape index (κ1) is 12.7. The summed E-state index contributed by atoms with van der Waals surface area (Å²) in [6, 6.07) is 6.78. The van der Waals surface area contributed by atoms with Gasteiger partial charge in [0, 0.05) is 9.61 Å². The van der Waals surface area contributed by atoms with Crippen LogP contribution in [-0.4, -0.2) is 9.55 Å². The minimum absolute atomic E-state index is 0.463. The van der Waals surface area contributed by atoms with E-state index in [-0.39, 0.29) is 0 Å². The molecular weight excluding hydrogens is 325 g/mol. The highest BCUT2D eigenvalue weighted by atomic mass is 127. The number of aromatic nitrogens is 2. The number of halogens is 1. The van der Waals surface area contributed by atoms with Crippen molar-refractivity contribution in [3.8, 4) is 0 Å². The van der Waals surface area contributed by atoms with E-state index in [1.807, 2.05) is 0 Å². The predicted molar refractivity (Wildman–Crippen MR) is 81.1 cm³/mol. The Labute approximate surface area is 116 Å². The van der Waals surface area contributed by atoms with Gasteiger partial charge in [-0.1, -0.05) is 20.3 Å². The zero-order valence-electron chi connectivity index (χ0n) is 10.3. The molecule has 3 nitrogen and oxygen atoms in total. The van der Waals surface area contributed by atoms with Crippen molar-refractivity contribution in [2.45, 2.75) is 39.2 Å². The molecule has 0 aliphatic heterocycles. The molecule has 0 aliphatic rings. The monoisotopic (exact) mass is 343 g/mol. The third kappa shape index (κ3) is 2.41. The third-order valence-electron chi connectivity index (χ3n) is 3.14. The molecule has 2 aromatic rings. The van der Waals surface area contributed by atoms with Gasteiger partial charge >= 0.3 is 0 Å². The van der Waals surface area contributed by atoms with E-state index in [1.165, 1.54) is 9.99 Å². The molecule has 0 amide bonds. The van der Waals surface area contributed by atoms with Gasteiger partial charge in [-0.2, -0.15) is 0 Å². The van der Waals surface area contributed by atoms with Crippen LogP contribution in [0.4, 0.5) is 5.95 Å². The number of rotatable bonds is 4. The zero-order chi connectivity index (χ0) is 12.4. The van der Waals surface area contributed by atoms with E-state index in [1.54, 1.807) is 0 Å². The van der Waals surface area contributed by atoms with Crippen LogP contribution in [0.3, 0.4) is 0 Å². The summed E-state index contributed by atoms with van der Waals surface area (Å²) in [6.45, 7) is 4.42. The van der Waals surface area contributed by atoms with Crippen molar-refractivity contribution >= 4 is 39.6 Å². The number of fused-ring (bicyclic) bond motifs is 1. The SMILES string of the molecule is CCCC(CC)n1c(N)nc2cc(I)ccc21. The van der Waals surface area contributed by atoms with E-state index in [9.17, 15) is 0 Å². The third-order valence-corrected chi connectivity index (χ3v) is 3.81. The highest BCUT2D eigenvalue weighted by molar-refractivity contribution is 14.1. The van der Waals surface area contributed by atoms with Crippen molar-refractivity contribution < 1.29 is 0 Å². The average molecular weight is 343 g/mol. The number of anilines is 1. The summed E-state index contributed by atoms with van der Waals surface area (Å²) in [7, 11) is 0. The minimum Gasteiger partial charge on any atom is -0.369 e. The zero-order valence-corrected chi connectivity index (χ0v) is 12.4. The summed E-state index contributed by atoms with van der Waals surface area (Å²) < 4.78 is 3.39. The van der Waals surface area contributed by atoms with Crippen LogP contribution in [0.25, 0.3) is 11.0 Å². The van der Waals surface area contributed by atoms with E-state index < -0.39 is 0 Å². The second-order valence-electron chi connectivity index (χ2n) is 4.32. The maximum absolute atomic E-state index is 6.06. The van der Waals surface area contributed by atoms with Crippen LogP contribution in [0.5, 0.6) is 0 Å². The number of nitrogens with zero attached hydrogens (tertiary/aromatic N) is 2. The molecule has 92 valence electrons. The molecule has 4 heteroatoms. The van der Waals surface area contributed by atoms with Gasteiger partial charge in [0.25, 0.3) is 0 Å². The maximum Gasteiger partial charge on any atom is 0.201 e. The summed E-state index contributed by atoms with van der Waals surface area (Å²) in [5.74, 6) is 0.641. The van der Waals surface area contributed by atoms with Crippen LogP contribution in [-0.2, 0) is 0 Å². The Kier molecular flexibility index (Phi) is 3.91. The van der Waals surface area contributed by atoms with Crippen LogP contribution in [0.2, 0.25) is 0 Å². The van der Waals surface area contributed by atoms with Crippen LogP contribution in [0.1, 0.15) is 39.2 Å².